The minimum Gasteiger partial charge on any atom is -0.365 e. The van der Waals surface area contributed by atoms with Crippen molar-refractivity contribution in [2.24, 2.45) is 0 Å². The Balaban J connectivity index is 1.29. The summed E-state index contributed by atoms with van der Waals surface area (Å²) in [4.78, 5) is 20.8. The zero-order chi connectivity index (χ0) is 25.2. The zero-order valence-corrected chi connectivity index (χ0v) is 20.1. The van der Waals surface area contributed by atoms with E-state index in [0.717, 1.165) is 40.1 Å². The number of piperazine rings is 1. The average molecular weight is 486 g/mol. The van der Waals surface area contributed by atoms with Crippen molar-refractivity contribution in [1.29, 1.82) is 0 Å². The number of anilines is 1. The summed E-state index contributed by atoms with van der Waals surface area (Å²) in [7, 11) is 0. The summed E-state index contributed by atoms with van der Waals surface area (Å²) in [5.74, 6) is -0.754. The first kappa shape index (κ1) is 23.6. The molecular formula is C28H28FN5O2. The standard InChI is InChI=1S/C28H28FN5O2/c1-19-15-33(16-20(2)34(19)18-22-4-3-5-25(29)12-22)26-13-24-10-11-32(27(24)30-14-26)17-21-6-8-23(9-7-21)28(35)31-36/h3-14,20,36H,1,15-18H2,2H3,(H,31,35)/t20-/m0/s1. The molecule has 1 amide bonds. The second-order valence-electron chi connectivity index (χ2n) is 9.24. The number of nitrogens with zero attached hydrogens (tertiary/aromatic N) is 4. The maximum atomic E-state index is 13.6. The molecule has 0 radical (unpaired) electrons. The minimum atomic E-state index is -0.533. The Kier molecular flexibility index (Phi) is 6.43. The summed E-state index contributed by atoms with van der Waals surface area (Å²) in [6, 6.07) is 18.2. The molecule has 2 N–H and O–H groups in total. The number of hydrogen-bond acceptors (Lipinski definition) is 5. The van der Waals surface area contributed by atoms with E-state index < -0.39 is 5.91 Å². The number of benzene rings is 2. The number of carbonyl (C=O) groups excluding carboxylic acids is 1. The predicted molar refractivity (Wildman–Crippen MR) is 137 cm³/mol. The molecule has 184 valence electrons. The molecule has 5 rings (SSSR count). The van der Waals surface area contributed by atoms with Crippen LogP contribution in [-0.2, 0) is 13.1 Å². The number of rotatable bonds is 6. The number of halogens is 1. The maximum Gasteiger partial charge on any atom is 0.274 e. The highest BCUT2D eigenvalue weighted by atomic mass is 19.1. The molecule has 3 heterocycles. The number of nitrogens with one attached hydrogen (secondary N) is 1. The normalized spacial score (nSPS) is 16.0. The molecule has 36 heavy (non-hydrogen) atoms. The van der Waals surface area contributed by atoms with Gasteiger partial charge in [-0.1, -0.05) is 30.8 Å². The molecule has 0 saturated carbocycles. The number of carbonyl (C=O) groups is 1. The number of amides is 1. The molecule has 2 aromatic carbocycles. The lowest BCUT2D eigenvalue weighted by Crippen LogP contribution is -2.49. The van der Waals surface area contributed by atoms with E-state index >= 15 is 0 Å². The van der Waals surface area contributed by atoms with Gasteiger partial charge < -0.3 is 14.4 Å². The maximum absolute atomic E-state index is 13.6. The fourth-order valence-corrected chi connectivity index (χ4v) is 4.79. The molecule has 7 nitrogen and oxygen atoms in total. The van der Waals surface area contributed by atoms with E-state index in [4.69, 9.17) is 10.2 Å². The van der Waals surface area contributed by atoms with Crippen LogP contribution in [-0.4, -0.2) is 44.7 Å². The van der Waals surface area contributed by atoms with Crippen LogP contribution in [0.15, 0.2) is 85.3 Å². The third kappa shape index (κ3) is 4.81. The molecule has 2 aromatic heterocycles. The van der Waals surface area contributed by atoms with Crippen molar-refractivity contribution in [3.63, 3.8) is 0 Å². The van der Waals surface area contributed by atoms with Crippen LogP contribution in [0.25, 0.3) is 11.0 Å². The van der Waals surface area contributed by atoms with Gasteiger partial charge in [-0.2, -0.15) is 0 Å². The van der Waals surface area contributed by atoms with Crippen LogP contribution in [0.1, 0.15) is 28.4 Å². The number of fused-ring (bicyclic) bond motifs is 1. The predicted octanol–water partition coefficient (Wildman–Crippen LogP) is 4.57. The van der Waals surface area contributed by atoms with Gasteiger partial charge in [0.05, 0.1) is 18.4 Å². The number of pyridine rings is 1. The summed E-state index contributed by atoms with van der Waals surface area (Å²) < 4.78 is 15.7. The zero-order valence-electron chi connectivity index (χ0n) is 20.1. The van der Waals surface area contributed by atoms with E-state index in [2.05, 4.69) is 40.0 Å². The van der Waals surface area contributed by atoms with E-state index in [-0.39, 0.29) is 11.9 Å². The second-order valence-corrected chi connectivity index (χ2v) is 9.24. The monoisotopic (exact) mass is 485 g/mol. The fraction of sp³-hybridized carbons (Fsp3) is 0.214. The van der Waals surface area contributed by atoms with E-state index in [9.17, 15) is 9.18 Å². The molecule has 1 aliphatic heterocycles. The second kappa shape index (κ2) is 9.83. The first-order valence-electron chi connectivity index (χ1n) is 11.8. The highest BCUT2D eigenvalue weighted by Gasteiger charge is 2.26. The largest absolute Gasteiger partial charge is 0.365 e. The highest BCUT2D eigenvalue weighted by molar-refractivity contribution is 5.93. The first-order valence-corrected chi connectivity index (χ1v) is 11.8. The van der Waals surface area contributed by atoms with Gasteiger partial charge in [-0.25, -0.2) is 14.9 Å². The Morgan fingerprint density at radius 2 is 1.94 bits per heavy atom. The minimum absolute atomic E-state index is 0.214. The smallest absolute Gasteiger partial charge is 0.274 e. The van der Waals surface area contributed by atoms with Crippen molar-refractivity contribution in [3.8, 4) is 0 Å². The van der Waals surface area contributed by atoms with Gasteiger partial charge in [-0.15, -0.1) is 0 Å². The Morgan fingerprint density at radius 1 is 1.14 bits per heavy atom. The SMILES string of the molecule is C=C1CN(c2cnc3c(ccn3Cc3ccc(C(=O)NO)cc3)c2)C[C@H](C)N1Cc1cccc(F)c1. The lowest BCUT2D eigenvalue weighted by Gasteiger charge is -2.43. The molecule has 0 bridgehead atoms. The molecular weight excluding hydrogens is 457 g/mol. The van der Waals surface area contributed by atoms with Crippen molar-refractivity contribution in [2.75, 3.05) is 18.0 Å². The van der Waals surface area contributed by atoms with Gasteiger partial charge in [0.15, 0.2) is 0 Å². The van der Waals surface area contributed by atoms with Crippen LogP contribution in [0.3, 0.4) is 0 Å². The van der Waals surface area contributed by atoms with Gasteiger partial charge >= 0.3 is 0 Å². The van der Waals surface area contributed by atoms with Crippen molar-refractivity contribution in [2.45, 2.75) is 26.1 Å². The molecule has 1 fully saturated rings. The lowest BCUT2D eigenvalue weighted by molar-refractivity contribution is 0.0706. The van der Waals surface area contributed by atoms with Gasteiger partial charge in [0.1, 0.15) is 11.5 Å². The Morgan fingerprint density at radius 3 is 2.67 bits per heavy atom. The van der Waals surface area contributed by atoms with Crippen molar-refractivity contribution in [1.82, 2.24) is 19.9 Å². The molecule has 1 saturated heterocycles. The third-order valence-electron chi connectivity index (χ3n) is 6.66. The van der Waals surface area contributed by atoms with Crippen LogP contribution in [0.2, 0.25) is 0 Å². The molecule has 0 unspecified atom stereocenters. The molecule has 0 spiro atoms. The van der Waals surface area contributed by atoms with Gasteiger partial charge in [-0.3, -0.25) is 10.0 Å². The van der Waals surface area contributed by atoms with Gasteiger partial charge in [0.25, 0.3) is 5.91 Å². The molecule has 1 atom stereocenters. The highest BCUT2D eigenvalue weighted by Crippen LogP contribution is 2.28. The van der Waals surface area contributed by atoms with Gasteiger partial charge in [-0.05, 0) is 54.4 Å². The van der Waals surface area contributed by atoms with E-state index in [1.165, 1.54) is 6.07 Å². The number of hydrogen-bond donors (Lipinski definition) is 2. The van der Waals surface area contributed by atoms with E-state index in [1.807, 2.05) is 30.6 Å². The van der Waals surface area contributed by atoms with Crippen LogP contribution < -0.4 is 10.4 Å². The molecule has 0 aliphatic carbocycles. The molecule has 4 aromatic rings. The van der Waals surface area contributed by atoms with E-state index in [0.29, 0.717) is 25.2 Å². The summed E-state index contributed by atoms with van der Waals surface area (Å²) in [6.07, 6.45) is 3.91. The fourth-order valence-electron chi connectivity index (χ4n) is 4.79. The van der Waals surface area contributed by atoms with Crippen molar-refractivity contribution >= 4 is 22.6 Å². The Bertz CT molecular complexity index is 1420. The van der Waals surface area contributed by atoms with Crippen LogP contribution in [0, 0.1) is 5.82 Å². The lowest BCUT2D eigenvalue weighted by atomic mass is 10.1. The molecule has 8 heteroatoms. The Labute approximate surface area is 209 Å². The van der Waals surface area contributed by atoms with Gasteiger partial charge in [0.2, 0.25) is 0 Å². The average Bonchev–Trinajstić information content (AvgIpc) is 3.28. The first-order chi connectivity index (χ1) is 17.4. The van der Waals surface area contributed by atoms with Gasteiger partial charge in [0, 0.05) is 48.5 Å². The topological polar surface area (TPSA) is 73.6 Å². The summed E-state index contributed by atoms with van der Waals surface area (Å²) in [6.45, 7) is 9.21. The van der Waals surface area contributed by atoms with E-state index in [1.54, 1.807) is 29.7 Å². The van der Waals surface area contributed by atoms with Crippen molar-refractivity contribution in [3.05, 3.63) is 108 Å². The Hall–Kier alpha value is -4.17. The van der Waals surface area contributed by atoms with Crippen molar-refractivity contribution < 1.29 is 14.4 Å². The summed E-state index contributed by atoms with van der Waals surface area (Å²) in [5.41, 5.74) is 6.91. The third-order valence-corrected chi connectivity index (χ3v) is 6.66. The number of aromatic nitrogens is 2. The molecule has 1 aliphatic rings. The quantitative estimate of drug-likeness (QED) is 0.309. The van der Waals surface area contributed by atoms with Crippen LogP contribution in [0.4, 0.5) is 10.1 Å². The van der Waals surface area contributed by atoms with Crippen LogP contribution in [0.5, 0.6) is 0 Å². The summed E-state index contributed by atoms with van der Waals surface area (Å²) in [5, 5.41) is 9.82. The van der Waals surface area contributed by atoms with Crippen LogP contribution >= 0.6 is 0 Å². The summed E-state index contributed by atoms with van der Waals surface area (Å²) >= 11 is 0. The number of hydroxylamine groups is 1.